The Balaban J connectivity index is 2.05. The van der Waals surface area contributed by atoms with Gasteiger partial charge in [-0.15, -0.1) is 5.06 Å². The van der Waals surface area contributed by atoms with Gasteiger partial charge in [0.25, 0.3) is 0 Å². The number of nitrogens with zero attached hydrogens (tertiary/aromatic N) is 1. The molecule has 2 rings (SSSR count). The Morgan fingerprint density at radius 2 is 1.67 bits per heavy atom. The van der Waals surface area contributed by atoms with Gasteiger partial charge in [0.1, 0.15) is 0 Å². The van der Waals surface area contributed by atoms with Crippen LogP contribution in [0.3, 0.4) is 0 Å². The van der Waals surface area contributed by atoms with Gasteiger partial charge in [-0.05, 0) is 58.6 Å². The van der Waals surface area contributed by atoms with Gasteiger partial charge in [0.15, 0.2) is 0 Å². The van der Waals surface area contributed by atoms with Crippen LogP contribution in [0.25, 0.3) is 6.08 Å². The first kappa shape index (κ1) is 15.8. The lowest BCUT2D eigenvalue weighted by Gasteiger charge is -2.50. The zero-order valence-electron chi connectivity index (χ0n) is 13.4. The maximum absolute atomic E-state index is 12.1. The molecule has 21 heavy (non-hydrogen) atoms. The third-order valence-corrected chi connectivity index (χ3v) is 4.07. The minimum atomic E-state index is -0.318. The molecule has 0 atom stereocenters. The highest BCUT2D eigenvalue weighted by Crippen LogP contribution is 2.38. The van der Waals surface area contributed by atoms with Crippen LogP contribution < -0.4 is 0 Å². The van der Waals surface area contributed by atoms with Crippen LogP contribution in [-0.4, -0.2) is 22.1 Å². The number of hydrogen-bond donors (Lipinski definition) is 0. The average molecular weight is 287 g/mol. The highest BCUT2D eigenvalue weighted by molar-refractivity contribution is 5.86. The van der Waals surface area contributed by atoms with Crippen LogP contribution in [0.5, 0.6) is 0 Å². The largest absolute Gasteiger partial charge is 0.363 e. The second-order valence-electron chi connectivity index (χ2n) is 6.93. The van der Waals surface area contributed by atoms with E-state index in [0.29, 0.717) is 0 Å². The summed E-state index contributed by atoms with van der Waals surface area (Å²) in [5, 5.41) is 1.88. The van der Waals surface area contributed by atoms with Gasteiger partial charge < -0.3 is 4.84 Å². The standard InChI is InChI=1S/C18H25NO2/c1-17(2)13-8-14-18(3,4)19(17)21-16(20)12-11-15-9-6-5-7-10-15/h5-7,9-12H,8,13-14H2,1-4H3. The minimum Gasteiger partial charge on any atom is -0.363 e. The van der Waals surface area contributed by atoms with Crippen molar-refractivity contribution in [1.82, 2.24) is 5.06 Å². The lowest BCUT2D eigenvalue weighted by Crippen LogP contribution is -2.58. The quantitative estimate of drug-likeness (QED) is 0.780. The van der Waals surface area contributed by atoms with Crippen molar-refractivity contribution < 1.29 is 9.63 Å². The first-order valence-electron chi connectivity index (χ1n) is 7.57. The zero-order valence-corrected chi connectivity index (χ0v) is 13.4. The molecule has 1 aromatic carbocycles. The van der Waals surface area contributed by atoms with Crippen LogP contribution in [0, 0.1) is 0 Å². The molecule has 3 nitrogen and oxygen atoms in total. The van der Waals surface area contributed by atoms with Crippen LogP contribution in [0.2, 0.25) is 0 Å². The molecule has 1 aromatic rings. The third kappa shape index (κ3) is 3.94. The van der Waals surface area contributed by atoms with Crippen molar-refractivity contribution in [2.24, 2.45) is 0 Å². The maximum atomic E-state index is 12.1. The summed E-state index contributed by atoms with van der Waals surface area (Å²) in [7, 11) is 0. The molecule has 1 saturated heterocycles. The topological polar surface area (TPSA) is 29.5 Å². The van der Waals surface area contributed by atoms with Crippen molar-refractivity contribution >= 4 is 12.0 Å². The van der Waals surface area contributed by atoms with Gasteiger partial charge in [0, 0.05) is 6.08 Å². The van der Waals surface area contributed by atoms with E-state index in [1.807, 2.05) is 35.4 Å². The molecule has 1 aliphatic rings. The predicted octanol–water partition coefficient (Wildman–Crippen LogP) is 4.20. The highest BCUT2D eigenvalue weighted by atomic mass is 16.7. The Bertz CT molecular complexity index is 501. The van der Waals surface area contributed by atoms with Crippen molar-refractivity contribution in [1.29, 1.82) is 0 Å². The molecule has 0 aliphatic carbocycles. The van der Waals surface area contributed by atoms with Gasteiger partial charge in [0.2, 0.25) is 0 Å². The lowest BCUT2D eigenvalue weighted by molar-refractivity contribution is -0.261. The van der Waals surface area contributed by atoms with Crippen LogP contribution >= 0.6 is 0 Å². The van der Waals surface area contributed by atoms with Crippen molar-refractivity contribution in [2.75, 3.05) is 0 Å². The molecule has 0 saturated carbocycles. The van der Waals surface area contributed by atoms with Gasteiger partial charge in [-0.3, -0.25) is 0 Å². The number of hydroxylamine groups is 2. The molecule has 1 aliphatic heterocycles. The second kappa shape index (κ2) is 6.02. The molecule has 1 fully saturated rings. The average Bonchev–Trinajstić information content (AvgIpc) is 2.41. The fourth-order valence-electron chi connectivity index (χ4n) is 3.07. The van der Waals surface area contributed by atoms with Crippen molar-refractivity contribution in [3.63, 3.8) is 0 Å². The van der Waals surface area contributed by atoms with Crippen LogP contribution in [0.1, 0.15) is 52.5 Å². The second-order valence-corrected chi connectivity index (χ2v) is 6.93. The fraction of sp³-hybridized carbons (Fsp3) is 0.500. The van der Waals surface area contributed by atoms with E-state index in [9.17, 15) is 4.79 Å². The van der Waals surface area contributed by atoms with Gasteiger partial charge >= 0.3 is 5.97 Å². The Kier molecular flexibility index (Phi) is 4.52. The molecule has 3 heteroatoms. The highest BCUT2D eigenvalue weighted by Gasteiger charge is 2.44. The Hall–Kier alpha value is -1.61. The minimum absolute atomic E-state index is 0.127. The molecule has 0 unspecified atom stereocenters. The smallest absolute Gasteiger partial charge is 0.349 e. The zero-order chi connectivity index (χ0) is 15.5. The van der Waals surface area contributed by atoms with Gasteiger partial charge in [-0.2, -0.15) is 0 Å². The van der Waals surface area contributed by atoms with Gasteiger partial charge in [-0.25, -0.2) is 4.79 Å². The molecule has 0 amide bonds. The summed E-state index contributed by atoms with van der Waals surface area (Å²) in [5.41, 5.74) is 0.738. The summed E-state index contributed by atoms with van der Waals surface area (Å²) in [5.74, 6) is -0.318. The van der Waals surface area contributed by atoms with Crippen molar-refractivity contribution in [3.05, 3.63) is 42.0 Å². The predicted molar refractivity (Wildman–Crippen MR) is 85.4 cm³/mol. The van der Waals surface area contributed by atoms with E-state index in [1.165, 1.54) is 6.08 Å². The summed E-state index contributed by atoms with van der Waals surface area (Å²) in [6.45, 7) is 8.51. The van der Waals surface area contributed by atoms with E-state index in [2.05, 4.69) is 27.7 Å². The molecule has 114 valence electrons. The summed E-state index contributed by atoms with van der Waals surface area (Å²) in [6, 6.07) is 9.76. The van der Waals surface area contributed by atoms with E-state index in [1.54, 1.807) is 6.08 Å². The monoisotopic (exact) mass is 287 g/mol. The van der Waals surface area contributed by atoms with Gasteiger partial charge in [0.05, 0.1) is 11.1 Å². The molecule has 0 bridgehead atoms. The molecular formula is C18H25NO2. The van der Waals surface area contributed by atoms with E-state index in [-0.39, 0.29) is 17.0 Å². The Labute approximate surface area is 127 Å². The van der Waals surface area contributed by atoms with Crippen LogP contribution in [0.4, 0.5) is 0 Å². The fourth-order valence-corrected chi connectivity index (χ4v) is 3.07. The molecule has 0 N–H and O–H groups in total. The summed E-state index contributed by atoms with van der Waals surface area (Å²) < 4.78 is 0. The number of carbonyl (C=O) groups excluding carboxylic acids is 1. The molecule has 1 heterocycles. The number of piperidine rings is 1. The Morgan fingerprint density at radius 3 is 2.24 bits per heavy atom. The summed E-state index contributed by atoms with van der Waals surface area (Å²) in [6.07, 6.45) is 6.51. The molecular weight excluding hydrogens is 262 g/mol. The molecule has 0 aromatic heterocycles. The van der Waals surface area contributed by atoms with E-state index < -0.39 is 0 Å². The van der Waals surface area contributed by atoms with E-state index in [0.717, 1.165) is 24.8 Å². The Morgan fingerprint density at radius 1 is 1.10 bits per heavy atom. The number of carbonyl (C=O) groups is 1. The lowest BCUT2D eigenvalue weighted by atomic mass is 9.82. The number of hydrogen-bond acceptors (Lipinski definition) is 3. The van der Waals surface area contributed by atoms with Crippen molar-refractivity contribution in [2.45, 2.75) is 58.0 Å². The van der Waals surface area contributed by atoms with E-state index in [4.69, 9.17) is 4.84 Å². The van der Waals surface area contributed by atoms with Crippen molar-refractivity contribution in [3.8, 4) is 0 Å². The summed E-state index contributed by atoms with van der Waals surface area (Å²) >= 11 is 0. The first-order chi connectivity index (χ1) is 9.81. The summed E-state index contributed by atoms with van der Waals surface area (Å²) in [4.78, 5) is 17.8. The number of benzene rings is 1. The maximum Gasteiger partial charge on any atom is 0.349 e. The first-order valence-corrected chi connectivity index (χ1v) is 7.57. The van der Waals surface area contributed by atoms with Crippen LogP contribution in [-0.2, 0) is 9.63 Å². The van der Waals surface area contributed by atoms with E-state index >= 15 is 0 Å². The van der Waals surface area contributed by atoms with Crippen LogP contribution in [0.15, 0.2) is 36.4 Å². The molecule has 0 radical (unpaired) electrons. The normalized spacial score (nSPS) is 21.3. The van der Waals surface area contributed by atoms with Gasteiger partial charge in [-0.1, -0.05) is 30.3 Å². The number of rotatable bonds is 3. The molecule has 0 spiro atoms. The third-order valence-electron chi connectivity index (χ3n) is 4.07. The SMILES string of the molecule is CC1(C)CCCC(C)(C)N1OC(=O)C=Cc1ccccc1.